The average Bonchev–Trinajstić information content (AvgIpc) is 3.10. The molecule has 1 amide bonds. The number of carboxylic acid groups (broad SMARTS) is 1. The number of hydrogen-bond donors (Lipinski definition) is 2. The summed E-state index contributed by atoms with van der Waals surface area (Å²) in [6, 6.07) is 8.77. The highest BCUT2D eigenvalue weighted by Crippen LogP contribution is 2.36. The van der Waals surface area contributed by atoms with Crippen molar-refractivity contribution in [1.82, 2.24) is 5.32 Å². The van der Waals surface area contributed by atoms with Crippen molar-refractivity contribution >= 4 is 23.7 Å². The van der Waals surface area contributed by atoms with E-state index in [1.165, 1.54) is 20.3 Å². The molecule has 0 fully saturated rings. The summed E-state index contributed by atoms with van der Waals surface area (Å²) in [5, 5.41) is 11.6. The van der Waals surface area contributed by atoms with Crippen LogP contribution in [0, 0.1) is 5.92 Å². The van der Waals surface area contributed by atoms with Crippen molar-refractivity contribution in [1.29, 1.82) is 0 Å². The maximum atomic E-state index is 12.8. The van der Waals surface area contributed by atoms with Crippen LogP contribution in [0.15, 0.2) is 42.2 Å². The number of ketones is 1. The lowest BCUT2D eigenvalue weighted by atomic mass is 10.1. The Balaban J connectivity index is 1.72. The van der Waals surface area contributed by atoms with Crippen LogP contribution in [0.3, 0.4) is 0 Å². The summed E-state index contributed by atoms with van der Waals surface area (Å²) in [6.45, 7) is 3.01. The minimum absolute atomic E-state index is 0.104. The van der Waals surface area contributed by atoms with Crippen LogP contribution in [0.1, 0.15) is 29.8 Å². The highest BCUT2D eigenvalue weighted by atomic mass is 16.5. The zero-order valence-electron chi connectivity index (χ0n) is 18.7. The number of carbonyl (C=O) groups excluding carboxylic acids is 2. The van der Waals surface area contributed by atoms with E-state index in [4.69, 9.17) is 18.9 Å². The molecule has 0 spiro atoms. The Labute approximate surface area is 190 Å². The summed E-state index contributed by atoms with van der Waals surface area (Å²) in [5.74, 6) is -0.430. The number of methoxy groups -OCH3 is 2. The van der Waals surface area contributed by atoms with E-state index >= 15 is 0 Å². The largest absolute Gasteiger partial charge is 0.497 e. The van der Waals surface area contributed by atoms with Crippen molar-refractivity contribution in [3.8, 4) is 23.0 Å². The van der Waals surface area contributed by atoms with Crippen molar-refractivity contribution in [2.75, 3.05) is 20.8 Å². The number of fused-ring (bicyclic) bond motifs is 1. The van der Waals surface area contributed by atoms with E-state index in [0.717, 1.165) is 0 Å². The molecule has 174 valence electrons. The molecule has 1 heterocycles. The first-order valence-electron chi connectivity index (χ1n) is 10.2. The molecule has 0 saturated heterocycles. The number of amides is 1. The quantitative estimate of drug-likeness (QED) is 0.554. The van der Waals surface area contributed by atoms with E-state index in [9.17, 15) is 19.5 Å². The summed E-state index contributed by atoms with van der Waals surface area (Å²) in [7, 11) is 3.06. The van der Waals surface area contributed by atoms with Crippen LogP contribution in [-0.4, -0.2) is 49.6 Å². The number of hydrogen-bond acceptors (Lipinski definition) is 7. The average molecular weight is 455 g/mol. The van der Waals surface area contributed by atoms with Crippen LogP contribution in [0.25, 0.3) is 6.08 Å². The third kappa shape index (κ3) is 5.43. The van der Waals surface area contributed by atoms with Crippen LogP contribution in [0.4, 0.5) is 0 Å². The number of carboxylic acids is 1. The van der Waals surface area contributed by atoms with E-state index < -0.39 is 17.9 Å². The van der Waals surface area contributed by atoms with Gasteiger partial charge in [-0.05, 0) is 42.3 Å². The Morgan fingerprint density at radius 2 is 1.82 bits per heavy atom. The summed E-state index contributed by atoms with van der Waals surface area (Å²) >= 11 is 0. The Kier molecular flexibility index (Phi) is 7.22. The second kappa shape index (κ2) is 10.1. The number of Topliss-reactive ketones (excluding diaryl/α,β-unsaturated/α-hetero) is 1. The second-order valence-electron chi connectivity index (χ2n) is 7.62. The predicted octanol–water partition coefficient (Wildman–Crippen LogP) is 2.92. The Bertz CT molecular complexity index is 1110. The van der Waals surface area contributed by atoms with E-state index in [2.05, 4.69) is 5.32 Å². The fraction of sp³-hybridized carbons (Fsp3) is 0.292. The minimum Gasteiger partial charge on any atom is -0.497 e. The first kappa shape index (κ1) is 23.6. The molecular formula is C24H25NO8. The molecule has 0 bridgehead atoms. The molecule has 0 saturated carbocycles. The zero-order valence-corrected chi connectivity index (χ0v) is 18.7. The van der Waals surface area contributed by atoms with E-state index in [0.29, 0.717) is 28.4 Å². The van der Waals surface area contributed by atoms with Gasteiger partial charge in [0.1, 0.15) is 29.0 Å². The third-order valence-corrected chi connectivity index (χ3v) is 4.98. The van der Waals surface area contributed by atoms with Gasteiger partial charge in [0.15, 0.2) is 12.4 Å². The van der Waals surface area contributed by atoms with E-state index in [-0.39, 0.29) is 29.8 Å². The van der Waals surface area contributed by atoms with E-state index in [1.807, 2.05) is 0 Å². The van der Waals surface area contributed by atoms with Gasteiger partial charge in [0, 0.05) is 11.6 Å². The maximum Gasteiger partial charge on any atom is 0.326 e. The Morgan fingerprint density at radius 3 is 2.45 bits per heavy atom. The molecule has 0 unspecified atom stereocenters. The summed E-state index contributed by atoms with van der Waals surface area (Å²) < 4.78 is 21.7. The maximum absolute atomic E-state index is 12.8. The first-order valence-corrected chi connectivity index (χ1v) is 10.2. The lowest BCUT2D eigenvalue weighted by molar-refractivity contribution is -0.143. The monoisotopic (exact) mass is 455 g/mol. The molecule has 9 heteroatoms. The van der Waals surface area contributed by atoms with Gasteiger partial charge in [0.2, 0.25) is 5.78 Å². The van der Waals surface area contributed by atoms with Crippen LogP contribution in [-0.2, 0) is 9.59 Å². The molecule has 0 aliphatic carbocycles. The van der Waals surface area contributed by atoms with Crippen LogP contribution >= 0.6 is 0 Å². The normalized spacial score (nSPS) is 14.5. The Morgan fingerprint density at radius 1 is 1.09 bits per heavy atom. The second-order valence-corrected chi connectivity index (χ2v) is 7.62. The van der Waals surface area contributed by atoms with Gasteiger partial charge in [-0.1, -0.05) is 13.8 Å². The van der Waals surface area contributed by atoms with Gasteiger partial charge >= 0.3 is 5.97 Å². The fourth-order valence-electron chi connectivity index (χ4n) is 3.23. The number of ether oxygens (including phenoxy) is 4. The number of allylic oxidation sites excluding steroid dienone is 1. The Hall–Kier alpha value is -4.01. The summed E-state index contributed by atoms with van der Waals surface area (Å²) in [4.78, 5) is 36.1. The van der Waals surface area contributed by atoms with E-state index in [1.54, 1.807) is 50.3 Å². The highest BCUT2D eigenvalue weighted by molar-refractivity contribution is 6.14. The molecule has 1 atom stereocenters. The van der Waals surface area contributed by atoms with Crippen molar-refractivity contribution < 1.29 is 38.4 Å². The molecule has 9 nitrogen and oxygen atoms in total. The van der Waals surface area contributed by atoms with Crippen molar-refractivity contribution in [3.05, 3.63) is 53.3 Å². The van der Waals surface area contributed by atoms with Crippen LogP contribution in [0.2, 0.25) is 0 Å². The number of nitrogens with one attached hydrogen (secondary N) is 1. The number of aliphatic carboxylic acids is 1. The zero-order chi connectivity index (χ0) is 24.1. The molecule has 2 N–H and O–H groups in total. The molecule has 2 aromatic carbocycles. The van der Waals surface area contributed by atoms with Crippen molar-refractivity contribution in [2.45, 2.75) is 19.9 Å². The minimum atomic E-state index is -1.12. The summed E-state index contributed by atoms with van der Waals surface area (Å²) in [6.07, 6.45) is 1.57. The number of benzene rings is 2. The molecule has 3 rings (SSSR count). The fourth-order valence-corrected chi connectivity index (χ4v) is 3.23. The van der Waals surface area contributed by atoms with Gasteiger partial charge in [-0.15, -0.1) is 0 Å². The van der Waals surface area contributed by atoms with Gasteiger partial charge in [0.05, 0.1) is 19.8 Å². The van der Waals surface area contributed by atoms with Crippen molar-refractivity contribution in [3.63, 3.8) is 0 Å². The smallest absolute Gasteiger partial charge is 0.326 e. The topological polar surface area (TPSA) is 120 Å². The van der Waals surface area contributed by atoms with Crippen molar-refractivity contribution in [2.24, 2.45) is 5.92 Å². The predicted molar refractivity (Wildman–Crippen MR) is 119 cm³/mol. The van der Waals surface area contributed by atoms with Gasteiger partial charge < -0.3 is 29.4 Å². The third-order valence-electron chi connectivity index (χ3n) is 4.98. The van der Waals surface area contributed by atoms with Crippen LogP contribution < -0.4 is 24.3 Å². The van der Waals surface area contributed by atoms with Gasteiger partial charge in [-0.2, -0.15) is 0 Å². The lowest BCUT2D eigenvalue weighted by Gasteiger charge is -2.18. The number of rotatable bonds is 9. The SMILES string of the molecule is COc1ccc(OC)c(C=C2Oc3cc(OCC(=O)N[C@@H](C(=O)O)C(C)C)ccc3C2=O)c1. The summed E-state index contributed by atoms with van der Waals surface area (Å²) in [5.41, 5.74) is 0.963. The molecule has 0 aromatic heterocycles. The van der Waals surface area contributed by atoms with Crippen LogP contribution in [0.5, 0.6) is 23.0 Å². The molecular weight excluding hydrogens is 430 g/mol. The standard InChI is InChI=1S/C24H25NO8/c1-13(2)22(24(28)29)25-21(26)12-32-16-5-7-17-19(11-16)33-20(23(17)27)10-14-9-15(30-3)6-8-18(14)31-4/h5-11,13,22H,12H2,1-4H3,(H,25,26)(H,28,29)/t22-/m1/s1. The first-order chi connectivity index (χ1) is 15.7. The molecule has 2 aromatic rings. The molecule has 1 aliphatic rings. The number of carbonyl (C=O) groups is 3. The van der Waals surface area contributed by atoms with Gasteiger partial charge in [-0.3, -0.25) is 9.59 Å². The highest BCUT2D eigenvalue weighted by Gasteiger charge is 2.28. The van der Waals surface area contributed by atoms with Gasteiger partial charge in [-0.25, -0.2) is 4.79 Å². The molecule has 0 radical (unpaired) electrons. The lowest BCUT2D eigenvalue weighted by Crippen LogP contribution is -2.46. The molecule has 33 heavy (non-hydrogen) atoms. The molecule has 1 aliphatic heterocycles. The van der Waals surface area contributed by atoms with Gasteiger partial charge in [0.25, 0.3) is 5.91 Å².